The van der Waals surface area contributed by atoms with Gasteiger partial charge in [-0.15, -0.1) is 0 Å². The molecule has 0 spiro atoms. The molecule has 218 valence electrons. The third-order valence-electron chi connectivity index (χ3n) is 7.27. The van der Waals surface area contributed by atoms with Crippen molar-refractivity contribution in [1.29, 1.82) is 0 Å². The molecule has 0 aliphatic carbocycles. The quantitative estimate of drug-likeness (QED) is 0.0679. The number of carbonyl (C=O) groups is 2. The van der Waals surface area contributed by atoms with E-state index >= 15 is 0 Å². The predicted molar refractivity (Wildman–Crippen MR) is 160 cm³/mol. The monoisotopic (exact) mass is 530 g/mol. The van der Waals surface area contributed by atoms with Gasteiger partial charge in [-0.25, -0.2) is 0 Å². The van der Waals surface area contributed by atoms with Crippen LogP contribution in [0.4, 0.5) is 0 Å². The van der Waals surface area contributed by atoms with Gasteiger partial charge in [-0.2, -0.15) is 0 Å². The average Bonchev–Trinajstić information content (AvgIpc) is 2.91. The highest BCUT2D eigenvalue weighted by Gasteiger charge is 2.13. The summed E-state index contributed by atoms with van der Waals surface area (Å²) in [7, 11) is 0. The second kappa shape index (κ2) is 25.4. The van der Waals surface area contributed by atoms with E-state index in [4.69, 9.17) is 9.47 Å². The van der Waals surface area contributed by atoms with Crippen molar-refractivity contribution in [2.45, 2.75) is 168 Å². The first-order chi connectivity index (χ1) is 18.7. The fourth-order valence-corrected chi connectivity index (χ4v) is 4.83. The lowest BCUT2D eigenvalue weighted by atomic mass is 10.1. The molecule has 0 radical (unpaired) electrons. The Bertz CT molecular complexity index is 640. The zero-order chi connectivity index (χ0) is 27.5. The van der Waals surface area contributed by atoms with E-state index in [1.807, 2.05) is 0 Å². The molecule has 0 amide bonds. The minimum atomic E-state index is -0.255. The first kappa shape index (κ1) is 34.2. The van der Waals surface area contributed by atoms with Gasteiger partial charge in [0.1, 0.15) is 0 Å². The number of esters is 2. The number of hydrogen-bond acceptors (Lipinski definition) is 4. The van der Waals surface area contributed by atoms with Crippen LogP contribution >= 0.6 is 0 Å². The molecule has 0 bridgehead atoms. The van der Waals surface area contributed by atoms with Gasteiger partial charge in [0, 0.05) is 12.8 Å². The molecule has 1 rings (SSSR count). The van der Waals surface area contributed by atoms with Crippen molar-refractivity contribution >= 4 is 11.9 Å². The maximum Gasteiger partial charge on any atom is 0.311 e. The molecular weight excluding hydrogens is 472 g/mol. The van der Waals surface area contributed by atoms with Crippen molar-refractivity contribution in [3.05, 3.63) is 24.3 Å². The number of carbonyl (C=O) groups excluding carboxylic acids is 2. The van der Waals surface area contributed by atoms with Crippen LogP contribution in [0.5, 0.6) is 11.5 Å². The lowest BCUT2D eigenvalue weighted by molar-refractivity contribution is -0.137. The maximum atomic E-state index is 12.3. The van der Waals surface area contributed by atoms with Crippen LogP contribution in [0.2, 0.25) is 0 Å². The highest BCUT2D eigenvalue weighted by Crippen LogP contribution is 2.28. The van der Waals surface area contributed by atoms with Crippen LogP contribution < -0.4 is 9.47 Å². The third-order valence-corrected chi connectivity index (χ3v) is 7.27. The van der Waals surface area contributed by atoms with E-state index in [1.165, 1.54) is 116 Å². The van der Waals surface area contributed by atoms with Gasteiger partial charge in [0.25, 0.3) is 0 Å². The zero-order valence-electron chi connectivity index (χ0n) is 24.9. The number of para-hydroxylation sites is 2. The summed E-state index contributed by atoms with van der Waals surface area (Å²) in [5, 5.41) is 0. The van der Waals surface area contributed by atoms with Gasteiger partial charge < -0.3 is 9.47 Å². The molecule has 0 saturated carbocycles. The summed E-state index contributed by atoms with van der Waals surface area (Å²) in [4.78, 5) is 24.7. The fourth-order valence-electron chi connectivity index (χ4n) is 4.83. The Hall–Kier alpha value is -1.84. The predicted octanol–water partition coefficient (Wildman–Crippen LogP) is 10.9. The largest absolute Gasteiger partial charge is 0.423 e. The van der Waals surface area contributed by atoms with Crippen LogP contribution in [0.15, 0.2) is 24.3 Å². The summed E-state index contributed by atoms with van der Waals surface area (Å²) in [6.45, 7) is 4.51. The second-order valence-corrected chi connectivity index (χ2v) is 11.0. The SMILES string of the molecule is CCCCCCCCCCCCCC(=O)Oc1ccccc1OC(=O)CCCCCCCCCCCCC. The van der Waals surface area contributed by atoms with Gasteiger partial charge in [0.05, 0.1) is 0 Å². The van der Waals surface area contributed by atoms with E-state index in [-0.39, 0.29) is 11.9 Å². The molecule has 0 fully saturated rings. The van der Waals surface area contributed by atoms with Gasteiger partial charge in [0.2, 0.25) is 0 Å². The number of benzene rings is 1. The number of hydrogen-bond donors (Lipinski definition) is 0. The summed E-state index contributed by atoms with van der Waals surface area (Å²) < 4.78 is 11.1. The lowest BCUT2D eigenvalue weighted by Gasteiger charge is -2.10. The normalized spacial score (nSPS) is 11.0. The number of rotatable bonds is 26. The summed E-state index contributed by atoms with van der Waals surface area (Å²) >= 11 is 0. The number of ether oxygens (including phenoxy) is 2. The van der Waals surface area contributed by atoms with Gasteiger partial charge >= 0.3 is 11.9 Å². The van der Waals surface area contributed by atoms with Crippen molar-refractivity contribution in [1.82, 2.24) is 0 Å². The Morgan fingerprint density at radius 3 is 1.00 bits per heavy atom. The molecule has 1 aromatic carbocycles. The van der Waals surface area contributed by atoms with Crippen LogP contribution in [0.3, 0.4) is 0 Å². The van der Waals surface area contributed by atoms with Gasteiger partial charge in [0.15, 0.2) is 11.5 Å². The van der Waals surface area contributed by atoms with Gasteiger partial charge in [-0.1, -0.05) is 154 Å². The highest BCUT2D eigenvalue weighted by molar-refractivity contribution is 5.76. The Balaban J connectivity index is 2.11. The van der Waals surface area contributed by atoms with E-state index in [2.05, 4.69) is 13.8 Å². The van der Waals surface area contributed by atoms with E-state index in [0.29, 0.717) is 24.3 Å². The summed E-state index contributed by atoms with van der Waals surface area (Å²) in [5.41, 5.74) is 0. The Morgan fingerprint density at radius 2 is 0.711 bits per heavy atom. The van der Waals surface area contributed by atoms with Crippen LogP contribution in [0.1, 0.15) is 168 Å². The van der Waals surface area contributed by atoms with Crippen molar-refractivity contribution in [3.8, 4) is 11.5 Å². The first-order valence-corrected chi connectivity index (χ1v) is 16.2. The second-order valence-electron chi connectivity index (χ2n) is 11.0. The molecule has 38 heavy (non-hydrogen) atoms. The molecule has 0 heterocycles. The van der Waals surface area contributed by atoms with E-state index in [9.17, 15) is 9.59 Å². The van der Waals surface area contributed by atoms with Crippen LogP contribution in [-0.4, -0.2) is 11.9 Å². The summed E-state index contributed by atoms with van der Waals surface area (Å²) in [5.74, 6) is 0.172. The Labute approximate surface area is 234 Å². The molecule has 0 aromatic heterocycles. The minimum absolute atomic E-state index is 0.255. The molecule has 0 aliphatic heterocycles. The molecule has 0 N–H and O–H groups in total. The molecule has 4 nitrogen and oxygen atoms in total. The summed E-state index contributed by atoms with van der Waals surface area (Å²) in [6.07, 6.45) is 28.3. The van der Waals surface area contributed by atoms with Crippen LogP contribution in [0.25, 0.3) is 0 Å². The average molecular weight is 531 g/mol. The maximum absolute atomic E-state index is 12.3. The number of unbranched alkanes of at least 4 members (excludes halogenated alkanes) is 20. The molecule has 0 atom stereocenters. The van der Waals surface area contributed by atoms with E-state index < -0.39 is 0 Å². The van der Waals surface area contributed by atoms with Crippen molar-refractivity contribution in [3.63, 3.8) is 0 Å². The van der Waals surface area contributed by atoms with Gasteiger partial charge in [-0.05, 0) is 25.0 Å². The van der Waals surface area contributed by atoms with Crippen LogP contribution in [-0.2, 0) is 9.59 Å². The first-order valence-electron chi connectivity index (χ1n) is 16.2. The molecule has 0 aliphatic rings. The van der Waals surface area contributed by atoms with Crippen LogP contribution in [0, 0.1) is 0 Å². The smallest absolute Gasteiger partial charge is 0.311 e. The third kappa shape index (κ3) is 20.2. The topological polar surface area (TPSA) is 52.6 Å². The molecule has 0 unspecified atom stereocenters. The Morgan fingerprint density at radius 1 is 0.447 bits per heavy atom. The van der Waals surface area contributed by atoms with Crippen molar-refractivity contribution in [2.75, 3.05) is 0 Å². The lowest BCUT2D eigenvalue weighted by Crippen LogP contribution is -2.12. The highest BCUT2D eigenvalue weighted by atomic mass is 16.6. The molecular formula is C34H58O4. The zero-order valence-corrected chi connectivity index (χ0v) is 24.9. The Kier molecular flexibility index (Phi) is 22.9. The van der Waals surface area contributed by atoms with Crippen molar-refractivity contribution < 1.29 is 19.1 Å². The fraction of sp³-hybridized carbons (Fsp3) is 0.765. The van der Waals surface area contributed by atoms with Gasteiger partial charge in [-0.3, -0.25) is 9.59 Å². The molecule has 1 aromatic rings. The molecule has 4 heteroatoms. The van der Waals surface area contributed by atoms with E-state index in [0.717, 1.165) is 25.7 Å². The summed E-state index contributed by atoms with van der Waals surface area (Å²) in [6, 6.07) is 6.99. The standard InChI is InChI=1S/C34H58O4/c1-3-5-7-9-11-13-15-17-19-21-23-29-33(35)37-31-27-25-26-28-32(31)38-34(36)30-24-22-20-18-16-14-12-10-8-6-4-2/h25-28H,3-24,29-30H2,1-2H3. The van der Waals surface area contributed by atoms with E-state index in [1.54, 1.807) is 24.3 Å². The van der Waals surface area contributed by atoms with Crippen molar-refractivity contribution in [2.24, 2.45) is 0 Å². The minimum Gasteiger partial charge on any atom is -0.423 e. The molecule has 0 saturated heterocycles.